The first kappa shape index (κ1) is 14.9. The van der Waals surface area contributed by atoms with Gasteiger partial charge in [0.2, 0.25) is 5.89 Å². The molecule has 8 nitrogen and oxygen atoms in total. The van der Waals surface area contributed by atoms with E-state index in [1.54, 1.807) is 6.92 Å². The van der Waals surface area contributed by atoms with Crippen molar-refractivity contribution in [2.75, 3.05) is 0 Å². The summed E-state index contributed by atoms with van der Waals surface area (Å²) in [5.41, 5.74) is -1.29. The molecule has 0 saturated heterocycles. The summed E-state index contributed by atoms with van der Waals surface area (Å²) in [6, 6.07) is -0.589. The van der Waals surface area contributed by atoms with E-state index in [0.29, 0.717) is 18.7 Å². The predicted octanol–water partition coefficient (Wildman–Crippen LogP) is 0.821. The second-order valence-electron chi connectivity index (χ2n) is 4.43. The number of nitrogens with one attached hydrogen (secondary N) is 2. The molecule has 1 rings (SSSR count). The Kier molecular flexibility index (Phi) is 4.85. The fraction of sp³-hybridized carbons (Fsp3) is 0.636. The number of nitrogens with zero attached hydrogens (tertiary/aromatic N) is 2. The number of hydrogen-bond acceptors (Lipinski definition) is 5. The fourth-order valence-electron chi connectivity index (χ4n) is 1.59. The van der Waals surface area contributed by atoms with Gasteiger partial charge in [-0.25, -0.2) is 9.59 Å². The molecule has 19 heavy (non-hydrogen) atoms. The molecule has 0 fully saturated rings. The van der Waals surface area contributed by atoms with Crippen molar-refractivity contribution in [1.29, 1.82) is 0 Å². The highest BCUT2D eigenvalue weighted by Crippen LogP contribution is 2.12. The third-order valence-electron chi connectivity index (χ3n) is 2.58. The van der Waals surface area contributed by atoms with Crippen LogP contribution in [0.25, 0.3) is 0 Å². The highest BCUT2D eigenvalue weighted by molar-refractivity contribution is 5.85. The number of aryl methyl sites for hydroxylation is 1. The van der Waals surface area contributed by atoms with E-state index in [2.05, 4.69) is 20.8 Å². The first-order valence-electron chi connectivity index (χ1n) is 5.96. The summed E-state index contributed by atoms with van der Waals surface area (Å²) in [5, 5.41) is 17.6. The average molecular weight is 270 g/mol. The Morgan fingerprint density at radius 3 is 2.63 bits per heavy atom. The van der Waals surface area contributed by atoms with Gasteiger partial charge in [-0.15, -0.1) is 0 Å². The van der Waals surface area contributed by atoms with E-state index in [9.17, 15) is 9.59 Å². The number of aromatic nitrogens is 2. The Labute approximate surface area is 110 Å². The van der Waals surface area contributed by atoms with Gasteiger partial charge in [-0.2, -0.15) is 4.98 Å². The molecule has 0 aliphatic carbocycles. The maximum atomic E-state index is 11.6. The second kappa shape index (κ2) is 6.17. The van der Waals surface area contributed by atoms with Crippen LogP contribution in [-0.2, 0) is 11.3 Å². The molecule has 0 spiro atoms. The van der Waals surface area contributed by atoms with E-state index < -0.39 is 17.5 Å². The first-order valence-corrected chi connectivity index (χ1v) is 5.96. The molecular weight excluding hydrogens is 252 g/mol. The predicted molar refractivity (Wildman–Crippen MR) is 65.4 cm³/mol. The van der Waals surface area contributed by atoms with Crippen LogP contribution in [0.5, 0.6) is 0 Å². The van der Waals surface area contributed by atoms with Crippen LogP contribution in [0.4, 0.5) is 4.79 Å². The van der Waals surface area contributed by atoms with Crippen LogP contribution < -0.4 is 10.6 Å². The van der Waals surface area contributed by atoms with Gasteiger partial charge in [0, 0.05) is 0 Å². The Hall–Kier alpha value is -2.12. The molecule has 2 amide bonds. The monoisotopic (exact) mass is 270 g/mol. The van der Waals surface area contributed by atoms with Gasteiger partial charge < -0.3 is 20.3 Å². The van der Waals surface area contributed by atoms with Gasteiger partial charge in [0.25, 0.3) is 0 Å². The summed E-state index contributed by atoms with van der Waals surface area (Å²) in [7, 11) is 0. The van der Waals surface area contributed by atoms with Gasteiger partial charge in [0.05, 0.1) is 6.54 Å². The summed E-state index contributed by atoms with van der Waals surface area (Å²) in [4.78, 5) is 26.7. The summed E-state index contributed by atoms with van der Waals surface area (Å²) in [6.07, 6.45) is 0.987. The number of urea groups is 1. The zero-order valence-electron chi connectivity index (χ0n) is 11.2. The fourth-order valence-corrected chi connectivity index (χ4v) is 1.59. The molecule has 0 saturated carbocycles. The first-order chi connectivity index (χ1) is 8.87. The lowest BCUT2D eigenvalue weighted by Gasteiger charge is -2.25. The second-order valence-corrected chi connectivity index (χ2v) is 4.43. The molecule has 1 heterocycles. The van der Waals surface area contributed by atoms with Crippen LogP contribution in [0.3, 0.4) is 0 Å². The lowest BCUT2D eigenvalue weighted by molar-refractivity contribution is -0.144. The van der Waals surface area contributed by atoms with Crippen molar-refractivity contribution in [3.05, 3.63) is 11.7 Å². The summed E-state index contributed by atoms with van der Waals surface area (Å²) < 4.78 is 4.82. The van der Waals surface area contributed by atoms with E-state index in [-0.39, 0.29) is 12.4 Å². The van der Waals surface area contributed by atoms with Crippen LogP contribution in [0.1, 0.15) is 38.4 Å². The lowest BCUT2D eigenvalue weighted by Crippen LogP contribution is -2.55. The molecule has 1 aromatic rings. The SMILES string of the molecule is CCCC(C)(NC(=O)NCc1nc(C)no1)C(=O)O. The average Bonchev–Trinajstić information content (AvgIpc) is 2.72. The van der Waals surface area contributed by atoms with Gasteiger partial charge in [-0.1, -0.05) is 18.5 Å². The molecule has 1 aromatic heterocycles. The van der Waals surface area contributed by atoms with Crippen LogP contribution in [0, 0.1) is 6.92 Å². The molecule has 106 valence electrons. The van der Waals surface area contributed by atoms with Gasteiger partial charge in [-0.05, 0) is 20.3 Å². The zero-order valence-corrected chi connectivity index (χ0v) is 11.2. The number of rotatable bonds is 6. The smallest absolute Gasteiger partial charge is 0.329 e. The molecular formula is C11H18N4O4. The van der Waals surface area contributed by atoms with Gasteiger partial charge >= 0.3 is 12.0 Å². The molecule has 8 heteroatoms. The lowest BCUT2D eigenvalue weighted by atomic mass is 9.97. The van der Waals surface area contributed by atoms with Crippen LogP contribution in [-0.4, -0.2) is 32.8 Å². The molecule has 3 N–H and O–H groups in total. The van der Waals surface area contributed by atoms with Crippen LogP contribution in [0.15, 0.2) is 4.52 Å². The van der Waals surface area contributed by atoms with Crippen molar-refractivity contribution in [2.24, 2.45) is 0 Å². The van der Waals surface area contributed by atoms with Gasteiger partial charge in [0.1, 0.15) is 5.54 Å². The topological polar surface area (TPSA) is 117 Å². The largest absolute Gasteiger partial charge is 0.480 e. The summed E-state index contributed by atoms with van der Waals surface area (Å²) in [5.74, 6) is -0.336. The third kappa shape index (κ3) is 4.23. The van der Waals surface area contributed by atoms with Crippen molar-refractivity contribution in [1.82, 2.24) is 20.8 Å². The minimum atomic E-state index is -1.29. The highest BCUT2D eigenvalue weighted by atomic mass is 16.5. The third-order valence-corrected chi connectivity index (χ3v) is 2.58. The number of carboxylic acid groups (broad SMARTS) is 1. The number of carbonyl (C=O) groups excluding carboxylic acids is 1. The molecule has 0 bridgehead atoms. The molecule has 0 aromatic carbocycles. The molecule has 1 atom stereocenters. The van der Waals surface area contributed by atoms with Crippen molar-refractivity contribution in [3.8, 4) is 0 Å². The number of hydrogen-bond donors (Lipinski definition) is 3. The minimum absolute atomic E-state index is 0.0501. The van der Waals surface area contributed by atoms with Crippen LogP contribution in [0.2, 0.25) is 0 Å². The Morgan fingerprint density at radius 1 is 1.47 bits per heavy atom. The van der Waals surface area contributed by atoms with Gasteiger partial charge in [-0.3, -0.25) is 0 Å². The van der Waals surface area contributed by atoms with E-state index in [1.807, 2.05) is 6.92 Å². The van der Waals surface area contributed by atoms with Gasteiger partial charge in [0.15, 0.2) is 5.82 Å². The maximum absolute atomic E-state index is 11.6. The molecule has 1 unspecified atom stereocenters. The van der Waals surface area contributed by atoms with Crippen molar-refractivity contribution >= 4 is 12.0 Å². The Morgan fingerprint density at radius 2 is 2.16 bits per heavy atom. The quantitative estimate of drug-likeness (QED) is 0.704. The van der Waals surface area contributed by atoms with E-state index in [4.69, 9.17) is 9.63 Å². The number of amides is 2. The number of aliphatic carboxylic acids is 1. The van der Waals surface area contributed by atoms with Crippen molar-refractivity contribution in [3.63, 3.8) is 0 Å². The number of carboxylic acids is 1. The minimum Gasteiger partial charge on any atom is -0.480 e. The van der Waals surface area contributed by atoms with Crippen LogP contribution >= 0.6 is 0 Å². The van der Waals surface area contributed by atoms with E-state index >= 15 is 0 Å². The highest BCUT2D eigenvalue weighted by Gasteiger charge is 2.33. The zero-order chi connectivity index (χ0) is 14.5. The van der Waals surface area contributed by atoms with E-state index in [1.165, 1.54) is 6.92 Å². The Balaban J connectivity index is 2.51. The van der Waals surface area contributed by atoms with E-state index in [0.717, 1.165) is 0 Å². The standard InChI is InChI=1S/C11H18N4O4/c1-4-5-11(3,9(16)17)14-10(18)12-6-8-13-7(2)15-19-8/h4-6H2,1-3H3,(H,16,17)(H2,12,14,18). The normalized spacial score (nSPS) is 13.6. The Bertz CT molecular complexity index is 459. The number of carbonyl (C=O) groups is 2. The molecule has 0 radical (unpaired) electrons. The molecule has 0 aliphatic heterocycles. The summed E-state index contributed by atoms with van der Waals surface area (Å²) >= 11 is 0. The summed E-state index contributed by atoms with van der Waals surface area (Å²) in [6.45, 7) is 5.03. The van der Waals surface area contributed by atoms with Crippen molar-refractivity contribution < 1.29 is 19.2 Å². The molecule has 0 aliphatic rings. The van der Waals surface area contributed by atoms with Crippen molar-refractivity contribution in [2.45, 2.75) is 45.7 Å². The maximum Gasteiger partial charge on any atom is 0.329 e.